The number of amides is 1. The largest absolute Gasteiger partial charge is 0.366 e. The Kier molecular flexibility index (Phi) is 3.55. The van der Waals surface area contributed by atoms with Gasteiger partial charge in [-0.05, 0) is 23.5 Å². The zero-order valence-electron chi connectivity index (χ0n) is 11.3. The van der Waals surface area contributed by atoms with Crippen molar-refractivity contribution in [3.63, 3.8) is 0 Å². The summed E-state index contributed by atoms with van der Waals surface area (Å²) in [6.45, 7) is 7.21. The van der Waals surface area contributed by atoms with E-state index in [4.69, 9.17) is 0 Å². The van der Waals surface area contributed by atoms with Crippen LogP contribution in [0.4, 0.5) is 5.82 Å². The van der Waals surface area contributed by atoms with Crippen molar-refractivity contribution in [3.05, 3.63) is 23.9 Å². The lowest BCUT2D eigenvalue weighted by Crippen LogP contribution is -2.42. The third kappa shape index (κ3) is 3.22. The molecule has 0 aromatic carbocycles. The maximum atomic E-state index is 11.1. The molecule has 4 heteroatoms. The van der Waals surface area contributed by atoms with Crippen LogP contribution in [0.2, 0.25) is 0 Å². The molecule has 1 aromatic rings. The first-order valence-corrected chi connectivity index (χ1v) is 6.45. The van der Waals surface area contributed by atoms with Crippen LogP contribution in [0.25, 0.3) is 0 Å². The summed E-state index contributed by atoms with van der Waals surface area (Å²) in [6, 6.07) is 4.41. The second-order valence-electron chi connectivity index (χ2n) is 5.87. The predicted molar refractivity (Wildman–Crippen MR) is 72.6 cm³/mol. The number of piperidine rings is 1. The van der Waals surface area contributed by atoms with Crippen molar-refractivity contribution in [2.24, 2.45) is 0 Å². The van der Waals surface area contributed by atoms with Crippen LogP contribution in [0.1, 0.15) is 39.2 Å². The van der Waals surface area contributed by atoms with E-state index in [1.807, 2.05) is 12.3 Å². The van der Waals surface area contributed by atoms with Crippen LogP contribution in [0.15, 0.2) is 18.3 Å². The van der Waals surface area contributed by atoms with E-state index >= 15 is 0 Å². The van der Waals surface area contributed by atoms with Gasteiger partial charge in [0.1, 0.15) is 5.82 Å². The van der Waals surface area contributed by atoms with E-state index in [0.717, 1.165) is 12.2 Å². The highest BCUT2D eigenvalue weighted by Gasteiger charge is 2.18. The van der Waals surface area contributed by atoms with Crippen molar-refractivity contribution in [2.45, 2.75) is 45.1 Å². The molecule has 1 amide bonds. The first-order chi connectivity index (χ1) is 8.45. The number of aromatic nitrogens is 1. The van der Waals surface area contributed by atoms with Gasteiger partial charge in [-0.25, -0.2) is 4.98 Å². The predicted octanol–water partition coefficient (Wildman–Crippen LogP) is 2.07. The van der Waals surface area contributed by atoms with Crippen molar-refractivity contribution in [1.82, 2.24) is 10.3 Å². The summed E-state index contributed by atoms with van der Waals surface area (Å²) in [5.74, 6) is 1.02. The average molecular weight is 247 g/mol. The van der Waals surface area contributed by atoms with Crippen LogP contribution in [-0.4, -0.2) is 23.5 Å². The lowest BCUT2D eigenvalue weighted by Gasteiger charge is -2.24. The van der Waals surface area contributed by atoms with Gasteiger partial charge in [-0.2, -0.15) is 0 Å². The molecule has 0 saturated carbocycles. The van der Waals surface area contributed by atoms with E-state index in [-0.39, 0.29) is 17.4 Å². The number of pyridine rings is 1. The van der Waals surface area contributed by atoms with Crippen LogP contribution in [0.3, 0.4) is 0 Å². The molecule has 1 aromatic heterocycles. The summed E-state index contributed by atoms with van der Waals surface area (Å²) in [5.41, 5.74) is 1.36. The fourth-order valence-corrected chi connectivity index (χ4v) is 1.99. The highest BCUT2D eigenvalue weighted by molar-refractivity contribution is 5.76. The van der Waals surface area contributed by atoms with Gasteiger partial charge in [-0.3, -0.25) is 4.79 Å². The van der Waals surface area contributed by atoms with Gasteiger partial charge in [-0.15, -0.1) is 0 Å². The number of carbonyl (C=O) groups excluding carboxylic acids is 1. The molecule has 0 aliphatic carbocycles. The third-order valence-electron chi connectivity index (χ3n) is 3.25. The highest BCUT2D eigenvalue weighted by Crippen LogP contribution is 2.22. The lowest BCUT2D eigenvalue weighted by molar-refractivity contribution is -0.122. The standard InChI is InChI=1S/C14H21N3O/c1-14(2,3)10-4-6-12(15-8-10)17-11-5-7-13(18)16-9-11/h4,6,8,11H,5,7,9H2,1-3H3,(H,15,17)(H,16,18). The summed E-state index contributed by atoms with van der Waals surface area (Å²) in [6.07, 6.45) is 3.38. The van der Waals surface area contributed by atoms with Gasteiger partial charge in [0.15, 0.2) is 0 Å². The Bertz CT molecular complexity index is 410. The number of nitrogens with zero attached hydrogens (tertiary/aromatic N) is 1. The average Bonchev–Trinajstić information content (AvgIpc) is 2.32. The molecule has 1 unspecified atom stereocenters. The first-order valence-electron chi connectivity index (χ1n) is 6.45. The van der Waals surface area contributed by atoms with E-state index in [9.17, 15) is 4.79 Å². The van der Waals surface area contributed by atoms with Gasteiger partial charge < -0.3 is 10.6 Å². The molecule has 1 aliphatic heterocycles. The minimum absolute atomic E-state index is 0.129. The minimum atomic E-state index is 0.129. The fraction of sp³-hybridized carbons (Fsp3) is 0.571. The van der Waals surface area contributed by atoms with Crippen molar-refractivity contribution < 1.29 is 4.79 Å². The van der Waals surface area contributed by atoms with Crippen molar-refractivity contribution in [2.75, 3.05) is 11.9 Å². The summed E-state index contributed by atoms with van der Waals surface area (Å²) >= 11 is 0. The van der Waals surface area contributed by atoms with Crippen LogP contribution >= 0.6 is 0 Å². The molecule has 0 spiro atoms. The molecule has 1 saturated heterocycles. The zero-order chi connectivity index (χ0) is 13.2. The van der Waals surface area contributed by atoms with Gasteiger partial charge in [0, 0.05) is 25.2 Å². The molecule has 18 heavy (non-hydrogen) atoms. The Balaban J connectivity index is 1.96. The molecule has 2 rings (SSSR count). The van der Waals surface area contributed by atoms with E-state index < -0.39 is 0 Å². The Labute approximate surface area is 108 Å². The molecule has 4 nitrogen and oxygen atoms in total. The molecular formula is C14H21N3O. The van der Waals surface area contributed by atoms with Gasteiger partial charge in [-0.1, -0.05) is 26.8 Å². The summed E-state index contributed by atoms with van der Waals surface area (Å²) in [4.78, 5) is 15.5. The van der Waals surface area contributed by atoms with Crippen molar-refractivity contribution in [3.8, 4) is 0 Å². The normalized spacial score (nSPS) is 20.4. The number of nitrogens with one attached hydrogen (secondary N) is 2. The molecule has 2 heterocycles. The SMILES string of the molecule is CC(C)(C)c1ccc(NC2CCC(=O)NC2)nc1. The zero-order valence-corrected chi connectivity index (χ0v) is 11.3. The van der Waals surface area contributed by atoms with Crippen molar-refractivity contribution >= 4 is 11.7 Å². The molecular weight excluding hydrogens is 226 g/mol. The van der Waals surface area contributed by atoms with E-state index in [2.05, 4.69) is 42.5 Å². The monoisotopic (exact) mass is 247 g/mol. The van der Waals surface area contributed by atoms with Crippen LogP contribution < -0.4 is 10.6 Å². The second-order valence-corrected chi connectivity index (χ2v) is 5.87. The number of rotatable bonds is 2. The number of hydrogen-bond acceptors (Lipinski definition) is 3. The van der Waals surface area contributed by atoms with E-state index in [1.165, 1.54) is 5.56 Å². The minimum Gasteiger partial charge on any atom is -0.366 e. The molecule has 2 N–H and O–H groups in total. The summed E-state index contributed by atoms with van der Waals surface area (Å²) in [5, 5.41) is 6.21. The maximum absolute atomic E-state index is 11.1. The van der Waals surface area contributed by atoms with Crippen LogP contribution in [0.5, 0.6) is 0 Å². The highest BCUT2D eigenvalue weighted by atomic mass is 16.1. The third-order valence-corrected chi connectivity index (χ3v) is 3.25. The topological polar surface area (TPSA) is 54.0 Å². The molecule has 0 bridgehead atoms. The Morgan fingerprint density at radius 3 is 2.67 bits per heavy atom. The van der Waals surface area contributed by atoms with Gasteiger partial charge >= 0.3 is 0 Å². The summed E-state index contributed by atoms with van der Waals surface area (Å²) in [7, 11) is 0. The number of hydrogen-bond donors (Lipinski definition) is 2. The Hall–Kier alpha value is -1.58. The first kappa shape index (κ1) is 12.9. The molecule has 0 radical (unpaired) electrons. The Morgan fingerprint density at radius 2 is 2.17 bits per heavy atom. The van der Waals surface area contributed by atoms with Crippen molar-refractivity contribution in [1.29, 1.82) is 0 Å². The molecule has 1 atom stereocenters. The van der Waals surface area contributed by atoms with E-state index in [1.54, 1.807) is 0 Å². The maximum Gasteiger partial charge on any atom is 0.220 e. The van der Waals surface area contributed by atoms with Gasteiger partial charge in [0.05, 0.1) is 0 Å². The smallest absolute Gasteiger partial charge is 0.220 e. The summed E-state index contributed by atoms with van der Waals surface area (Å²) < 4.78 is 0. The fourth-order valence-electron chi connectivity index (χ4n) is 1.99. The van der Waals surface area contributed by atoms with Gasteiger partial charge in [0.2, 0.25) is 5.91 Å². The molecule has 1 aliphatic rings. The van der Waals surface area contributed by atoms with E-state index in [0.29, 0.717) is 13.0 Å². The lowest BCUT2D eigenvalue weighted by atomic mass is 9.88. The Morgan fingerprint density at radius 1 is 1.39 bits per heavy atom. The number of carbonyl (C=O) groups is 1. The molecule has 98 valence electrons. The quantitative estimate of drug-likeness (QED) is 0.841. The number of anilines is 1. The molecule has 1 fully saturated rings. The second kappa shape index (κ2) is 4.96. The van der Waals surface area contributed by atoms with Crippen LogP contribution in [-0.2, 0) is 10.2 Å². The van der Waals surface area contributed by atoms with Crippen LogP contribution in [0, 0.1) is 0 Å². The van der Waals surface area contributed by atoms with Gasteiger partial charge in [0.25, 0.3) is 0 Å².